The summed E-state index contributed by atoms with van der Waals surface area (Å²) in [5.74, 6) is 0.356. The molecule has 1 aliphatic heterocycles. The van der Waals surface area contributed by atoms with Crippen LogP contribution in [0.2, 0.25) is 0 Å². The van der Waals surface area contributed by atoms with Gasteiger partial charge in [0.1, 0.15) is 12.4 Å². The van der Waals surface area contributed by atoms with E-state index in [1.165, 1.54) is 5.56 Å². The normalized spacial score (nSPS) is 16.6. The number of amides is 2. The number of hydrogen-bond donors (Lipinski definition) is 1. The van der Waals surface area contributed by atoms with Gasteiger partial charge < -0.3 is 15.0 Å². The molecule has 1 aromatic carbocycles. The summed E-state index contributed by atoms with van der Waals surface area (Å²) >= 11 is 0. The molecule has 6 heteroatoms. The average Bonchev–Trinajstić information content (AvgIpc) is 3.01. The number of benzene rings is 1. The Morgan fingerprint density at radius 3 is 2.81 bits per heavy atom. The quantitative estimate of drug-likeness (QED) is 0.772. The van der Waals surface area contributed by atoms with Crippen LogP contribution in [0.15, 0.2) is 48.7 Å². The topological polar surface area (TPSA) is 71.5 Å². The van der Waals surface area contributed by atoms with Crippen LogP contribution in [0.4, 0.5) is 0 Å². The third kappa shape index (κ3) is 4.81. The highest BCUT2D eigenvalue weighted by Crippen LogP contribution is 2.19. The van der Waals surface area contributed by atoms with Crippen LogP contribution in [0.3, 0.4) is 0 Å². The van der Waals surface area contributed by atoms with Gasteiger partial charge in [0.15, 0.2) is 0 Å². The fraction of sp³-hybridized carbons (Fsp3) is 0.350. The fourth-order valence-corrected chi connectivity index (χ4v) is 2.91. The Hall–Kier alpha value is -2.89. The minimum absolute atomic E-state index is 0.00768. The van der Waals surface area contributed by atoms with Crippen LogP contribution in [-0.4, -0.2) is 41.4 Å². The Bertz CT molecular complexity index is 747. The molecule has 3 rings (SSSR count). The monoisotopic (exact) mass is 353 g/mol. The van der Waals surface area contributed by atoms with Gasteiger partial charge in [-0.3, -0.25) is 14.6 Å². The predicted molar refractivity (Wildman–Crippen MR) is 97.4 cm³/mol. The number of hydrogen-bond acceptors (Lipinski definition) is 4. The molecule has 0 spiro atoms. The summed E-state index contributed by atoms with van der Waals surface area (Å²) in [5.41, 5.74) is 2.00. The molecule has 2 amide bonds. The Morgan fingerprint density at radius 2 is 2.08 bits per heavy atom. The molecule has 0 saturated carbocycles. The molecule has 1 aliphatic rings. The van der Waals surface area contributed by atoms with Crippen molar-refractivity contribution < 1.29 is 14.3 Å². The summed E-state index contributed by atoms with van der Waals surface area (Å²) < 4.78 is 5.59. The van der Waals surface area contributed by atoms with Crippen LogP contribution >= 0.6 is 0 Å². The second-order valence-corrected chi connectivity index (χ2v) is 6.45. The van der Waals surface area contributed by atoms with Gasteiger partial charge in [0.05, 0.1) is 24.7 Å². The maximum absolute atomic E-state index is 12.3. The highest BCUT2D eigenvalue weighted by atomic mass is 16.5. The molecule has 1 aromatic heterocycles. The van der Waals surface area contributed by atoms with Crippen molar-refractivity contribution >= 4 is 11.8 Å². The van der Waals surface area contributed by atoms with Gasteiger partial charge in [-0.1, -0.05) is 23.8 Å². The van der Waals surface area contributed by atoms with Gasteiger partial charge in [0.2, 0.25) is 11.8 Å². The van der Waals surface area contributed by atoms with Crippen molar-refractivity contribution in [3.05, 3.63) is 59.9 Å². The zero-order chi connectivity index (χ0) is 18.4. The van der Waals surface area contributed by atoms with Gasteiger partial charge in [-0.15, -0.1) is 0 Å². The van der Waals surface area contributed by atoms with E-state index in [9.17, 15) is 9.59 Å². The summed E-state index contributed by atoms with van der Waals surface area (Å²) in [7, 11) is 0. The van der Waals surface area contributed by atoms with Crippen molar-refractivity contribution in [1.29, 1.82) is 0 Å². The third-order valence-corrected chi connectivity index (χ3v) is 4.36. The number of rotatable bonds is 7. The van der Waals surface area contributed by atoms with E-state index in [-0.39, 0.29) is 24.2 Å². The molecule has 1 N–H and O–H groups in total. The lowest BCUT2D eigenvalue weighted by molar-refractivity contribution is -0.129. The standard InChI is InChI=1S/C20H23N3O3/c1-15-5-7-18(8-6-15)26-11-10-22-20(25)16-12-19(24)23(13-16)14-17-4-2-3-9-21-17/h2-9,16H,10-14H2,1H3,(H,22,25). The molecule has 1 unspecified atom stereocenters. The molecule has 136 valence electrons. The zero-order valence-corrected chi connectivity index (χ0v) is 14.9. The van der Waals surface area contributed by atoms with Gasteiger partial charge in [0, 0.05) is 19.2 Å². The summed E-state index contributed by atoms with van der Waals surface area (Å²) in [4.78, 5) is 30.3. The molecule has 6 nitrogen and oxygen atoms in total. The number of nitrogens with one attached hydrogen (secondary N) is 1. The first-order chi connectivity index (χ1) is 12.6. The van der Waals surface area contributed by atoms with E-state index in [0.29, 0.717) is 26.2 Å². The van der Waals surface area contributed by atoms with Crippen LogP contribution in [0.1, 0.15) is 17.7 Å². The number of aromatic nitrogens is 1. The number of carbonyl (C=O) groups excluding carboxylic acids is 2. The maximum atomic E-state index is 12.3. The summed E-state index contributed by atoms with van der Waals surface area (Å²) in [5, 5.41) is 2.85. The molecule has 1 saturated heterocycles. The van der Waals surface area contributed by atoms with Crippen LogP contribution in [0.25, 0.3) is 0 Å². The van der Waals surface area contributed by atoms with Crippen LogP contribution in [0, 0.1) is 12.8 Å². The van der Waals surface area contributed by atoms with Gasteiger partial charge in [-0.2, -0.15) is 0 Å². The second kappa shape index (κ2) is 8.47. The van der Waals surface area contributed by atoms with E-state index in [0.717, 1.165) is 11.4 Å². The Morgan fingerprint density at radius 1 is 1.27 bits per heavy atom. The highest BCUT2D eigenvalue weighted by molar-refractivity contribution is 5.89. The van der Waals surface area contributed by atoms with Crippen molar-refractivity contribution in [3.63, 3.8) is 0 Å². The fourth-order valence-electron chi connectivity index (χ4n) is 2.91. The first kappa shape index (κ1) is 17.9. The highest BCUT2D eigenvalue weighted by Gasteiger charge is 2.34. The van der Waals surface area contributed by atoms with Crippen molar-refractivity contribution in [2.24, 2.45) is 5.92 Å². The first-order valence-electron chi connectivity index (χ1n) is 8.76. The molecule has 0 aliphatic carbocycles. The van der Waals surface area contributed by atoms with E-state index in [1.54, 1.807) is 11.1 Å². The van der Waals surface area contributed by atoms with Crippen molar-refractivity contribution in [1.82, 2.24) is 15.2 Å². The van der Waals surface area contributed by atoms with Crippen LogP contribution in [-0.2, 0) is 16.1 Å². The molecular formula is C20H23N3O3. The molecule has 0 bridgehead atoms. The van der Waals surface area contributed by atoms with E-state index < -0.39 is 0 Å². The minimum Gasteiger partial charge on any atom is -0.492 e. The molecule has 2 heterocycles. The average molecular weight is 353 g/mol. The van der Waals surface area contributed by atoms with Gasteiger partial charge in [0.25, 0.3) is 0 Å². The largest absolute Gasteiger partial charge is 0.492 e. The Balaban J connectivity index is 1.41. The van der Waals surface area contributed by atoms with Crippen molar-refractivity contribution in [3.8, 4) is 5.75 Å². The number of ether oxygens (including phenoxy) is 1. The second-order valence-electron chi connectivity index (χ2n) is 6.45. The lowest BCUT2D eigenvalue weighted by Crippen LogP contribution is -2.35. The van der Waals surface area contributed by atoms with E-state index in [2.05, 4.69) is 10.3 Å². The molecule has 2 aromatic rings. The van der Waals surface area contributed by atoms with Gasteiger partial charge in [-0.05, 0) is 31.2 Å². The molecule has 1 fully saturated rings. The van der Waals surface area contributed by atoms with Gasteiger partial charge >= 0.3 is 0 Å². The number of nitrogens with zero attached hydrogens (tertiary/aromatic N) is 2. The lowest BCUT2D eigenvalue weighted by Gasteiger charge is -2.16. The number of carbonyl (C=O) groups is 2. The summed E-state index contributed by atoms with van der Waals surface area (Å²) in [6.45, 7) is 3.70. The Labute approximate surface area is 153 Å². The first-order valence-corrected chi connectivity index (χ1v) is 8.76. The third-order valence-electron chi connectivity index (χ3n) is 4.36. The molecule has 1 atom stereocenters. The zero-order valence-electron chi connectivity index (χ0n) is 14.9. The van der Waals surface area contributed by atoms with Crippen LogP contribution < -0.4 is 10.1 Å². The predicted octanol–water partition coefficient (Wildman–Crippen LogP) is 1.93. The molecule has 26 heavy (non-hydrogen) atoms. The molecular weight excluding hydrogens is 330 g/mol. The van der Waals surface area contributed by atoms with E-state index >= 15 is 0 Å². The summed E-state index contributed by atoms with van der Waals surface area (Å²) in [6, 6.07) is 13.4. The SMILES string of the molecule is Cc1ccc(OCCNC(=O)C2CC(=O)N(Cc3ccccn3)C2)cc1. The van der Waals surface area contributed by atoms with E-state index in [4.69, 9.17) is 4.74 Å². The van der Waals surface area contributed by atoms with Crippen LogP contribution in [0.5, 0.6) is 5.75 Å². The number of pyridine rings is 1. The molecule has 0 radical (unpaired) electrons. The smallest absolute Gasteiger partial charge is 0.225 e. The number of likely N-dealkylation sites (tertiary alicyclic amines) is 1. The maximum Gasteiger partial charge on any atom is 0.225 e. The lowest BCUT2D eigenvalue weighted by atomic mass is 10.1. The number of aryl methyl sites for hydroxylation is 1. The van der Waals surface area contributed by atoms with Crippen molar-refractivity contribution in [2.75, 3.05) is 19.7 Å². The van der Waals surface area contributed by atoms with Gasteiger partial charge in [-0.25, -0.2) is 0 Å². The van der Waals surface area contributed by atoms with Crippen molar-refractivity contribution in [2.45, 2.75) is 19.9 Å². The summed E-state index contributed by atoms with van der Waals surface area (Å²) in [6.07, 6.45) is 1.95. The Kier molecular flexibility index (Phi) is 5.84. The minimum atomic E-state index is -0.314. The van der Waals surface area contributed by atoms with E-state index in [1.807, 2.05) is 49.4 Å².